The number of benzene rings is 2. The zero-order valence-electron chi connectivity index (χ0n) is 13.7. The number of unbranched alkanes of at least 4 members (excludes halogenated alkanes) is 1. The number of hydrogen-bond acceptors (Lipinski definition) is 3. The molecule has 0 unspecified atom stereocenters. The van der Waals surface area contributed by atoms with Crippen molar-refractivity contribution < 1.29 is 14.3 Å². The fourth-order valence-electron chi connectivity index (χ4n) is 2.80. The summed E-state index contributed by atoms with van der Waals surface area (Å²) in [7, 11) is 0. The van der Waals surface area contributed by atoms with Crippen molar-refractivity contribution in [3.05, 3.63) is 65.7 Å². The maximum absolute atomic E-state index is 12.1. The van der Waals surface area contributed by atoms with Gasteiger partial charge in [-0.05, 0) is 37.0 Å². The van der Waals surface area contributed by atoms with Gasteiger partial charge in [-0.15, -0.1) is 0 Å². The molecule has 0 radical (unpaired) electrons. The third-order valence-electron chi connectivity index (χ3n) is 4.03. The molecule has 1 N–H and O–H groups in total. The molecule has 24 heavy (non-hydrogen) atoms. The van der Waals surface area contributed by atoms with E-state index in [1.165, 1.54) is 5.56 Å². The predicted octanol–water partition coefficient (Wildman–Crippen LogP) is 4.08. The third-order valence-corrected chi connectivity index (χ3v) is 4.03. The molecule has 0 aromatic heterocycles. The highest BCUT2D eigenvalue weighted by Crippen LogP contribution is 2.25. The van der Waals surface area contributed by atoms with E-state index in [1.54, 1.807) is 0 Å². The Kier molecular flexibility index (Phi) is 5.99. The van der Waals surface area contributed by atoms with Gasteiger partial charge in [0.2, 0.25) is 5.91 Å². The Morgan fingerprint density at radius 2 is 1.79 bits per heavy atom. The Morgan fingerprint density at radius 3 is 2.58 bits per heavy atom. The second-order valence-electron chi connectivity index (χ2n) is 5.94. The summed E-state index contributed by atoms with van der Waals surface area (Å²) in [5, 5.41) is 2.95. The molecular formula is C20H23NO3. The van der Waals surface area contributed by atoms with Crippen molar-refractivity contribution in [2.75, 3.05) is 18.5 Å². The summed E-state index contributed by atoms with van der Waals surface area (Å²) in [6.45, 7) is 1.23. The Hall–Kier alpha value is -2.17. The first-order valence-electron chi connectivity index (χ1n) is 8.48. The summed E-state index contributed by atoms with van der Waals surface area (Å²) in [4.78, 5) is 12.1. The van der Waals surface area contributed by atoms with Crippen molar-refractivity contribution in [2.24, 2.45) is 0 Å². The number of carbonyl (C=O) groups excluding carboxylic acids is 1. The first-order chi connectivity index (χ1) is 11.8. The molecule has 4 heteroatoms. The SMILES string of the molecule is O=C(CCCCc1ccccc1)Nc1cccc(C2OCCO2)c1. The lowest BCUT2D eigenvalue weighted by Gasteiger charge is -2.11. The van der Waals surface area contributed by atoms with Gasteiger partial charge in [0.25, 0.3) is 0 Å². The van der Waals surface area contributed by atoms with E-state index in [1.807, 2.05) is 42.5 Å². The number of hydrogen-bond donors (Lipinski definition) is 1. The Bertz CT molecular complexity index is 651. The second-order valence-corrected chi connectivity index (χ2v) is 5.94. The summed E-state index contributed by atoms with van der Waals surface area (Å²) in [5.41, 5.74) is 3.05. The number of ether oxygens (including phenoxy) is 2. The van der Waals surface area contributed by atoms with Crippen LogP contribution < -0.4 is 5.32 Å². The monoisotopic (exact) mass is 325 g/mol. The highest BCUT2D eigenvalue weighted by molar-refractivity contribution is 5.90. The lowest BCUT2D eigenvalue weighted by atomic mass is 10.1. The van der Waals surface area contributed by atoms with Crippen molar-refractivity contribution in [2.45, 2.75) is 32.0 Å². The Balaban J connectivity index is 1.42. The molecule has 1 fully saturated rings. The molecule has 2 aromatic carbocycles. The van der Waals surface area contributed by atoms with Gasteiger partial charge in [0.15, 0.2) is 6.29 Å². The van der Waals surface area contributed by atoms with E-state index in [4.69, 9.17) is 9.47 Å². The van der Waals surface area contributed by atoms with Gasteiger partial charge in [-0.25, -0.2) is 0 Å². The molecule has 4 nitrogen and oxygen atoms in total. The van der Waals surface area contributed by atoms with Crippen LogP contribution in [-0.4, -0.2) is 19.1 Å². The van der Waals surface area contributed by atoms with Gasteiger partial charge in [0, 0.05) is 17.7 Å². The van der Waals surface area contributed by atoms with E-state index >= 15 is 0 Å². The summed E-state index contributed by atoms with van der Waals surface area (Å²) < 4.78 is 11.0. The lowest BCUT2D eigenvalue weighted by molar-refractivity contribution is -0.116. The zero-order valence-corrected chi connectivity index (χ0v) is 13.7. The van der Waals surface area contributed by atoms with Crippen LogP contribution in [0.3, 0.4) is 0 Å². The van der Waals surface area contributed by atoms with Gasteiger partial charge in [-0.1, -0.05) is 42.5 Å². The fraction of sp³-hybridized carbons (Fsp3) is 0.350. The molecule has 1 aliphatic rings. The van der Waals surface area contributed by atoms with Crippen LogP contribution in [0.15, 0.2) is 54.6 Å². The first-order valence-corrected chi connectivity index (χ1v) is 8.48. The molecule has 126 valence electrons. The van der Waals surface area contributed by atoms with Gasteiger partial charge in [0.05, 0.1) is 13.2 Å². The van der Waals surface area contributed by atoms with E-state index in [0.29, 0.717) is 19.6 Å². The van der Waals surface area contributed by atoms with E-state index in [2.05, 4.69) is 17.4 Å². The second kappa shape index (κ2) is 8.62. The van der Waals surface area contributed by atoms with Crippen molar-refractivity contribution >= 4 is 11.6 Å². The van der Waals surface area contributed by atoms with Gasteiger partial charge in [0.1, 0.15) is 0 Å². The molecule has 3 rings (SSSR count). The van der Waals surface area contributed by atoms with Gasteiger partial charge in [-0.3, -0.25) is 4.79 Å². The number of anilines is 1. The number of nitrogens with one attached hydrogen (secondary N) is 1. The van der Waals surface area contributed by atoms with Crippen LogP contribution >= 0.6 is 0 Å². The molecule has 0 atom stereocenters. The van der Waals surface area contributed by atoms with Crippen LogP contribution in [0, 0.1) is 0 Å². The maximum Gasteiger partial charge on any atom is 0.224 e. The van der Waals surface area contributed by atoms with Crippen molar-refractivity contribution in [1.29, 1.82) is 0 Å². The van der Waals surface area contributed by atoms with Gasteiger partial charge < -0.3 is 14.8 Å². The zero-order chi connectivity index (χ0) is 16.6. The van der Waals surface area contributed by atoms with Crippen LogP contribution in [0.5, 0.6) is 0 Å². The molecule has 0 saturated carbocycles. The largest absolute Gasteiger partial charge is 0.346 e. The highest BCUT2D eigenvalue weighted by Gasteiger charge is 2.18. The van der Waals surface area contributed by atoms with E-state index in [0.717, 1.165) is 30.5 Å². The number of amides is 1. The average molecular weight is 325 g/mol. The van der Waals surface area contributed by atoms with Gasteiger partial charge >= 0.3 is 0 Å². The minimum atomic E-state index is -0.312. The van der Waals surface area contributed by atoms with E-state index < -0.39 is 0 Å². The number of aryl methyl sites for hydroxylation is 1. The van der Waals surface area contributed by atoms with Crippen LogP contribution in [0.4, 0.5) is 5.69 Å². The Labute approximate surface area is 142 Å². The van der Waals surface area contributed by atoms with Crippen molar-refractivity contribution in [1.82, 2.24) is 0 Å². The fourth-order valence-corrected chi connectivity index (χ4v) is 2.80. The number of rotatable bonds is 7. The van der Waals surface area contributed by atoms with Crippen molar-refractivity contribution in [3.63, 3.8) is 0 Å². The molecule has 2 aromatic rings. The molecule has 1 aliphatic heterocycles. The van der Waals surface area contributed by atoms with Crippen LogP contribution in [0.2, 0.25) is 0 Å². The van der Waals surface area contributed by atoms with E-state index in [-0.39, 0.29) is 12.2 Å². The topological polar surface area (TPSA) is 47.6 Å². The smallest absolute Gasteiger partial charge is 0.224 e. The van der Waals surface area contributed by atoms with Crippen LogP contribution in [0.1, 0.15) is 36.7 Å². The summed E-state index contributed by atoms with van der Waals surface area (Å²) >= 11 is 0. The first kappa shape index (κ1) is 16.7. The molecular weight excluding hydrogens is 302 g/mol. The molecule has 1 amide bonds. The Morgan fingerprint density at radius 1 is 1.00 bits per heavy atom. The normalized spacial score (nSPS) is 14.7. The summed E-state index contributed by atoms with van der Waals surface area (Å²) in [6.07, 6.45) is 3.14. The van der Waals surface area contributed by atoms with Crippen LogP contribution in [-0.2, 0) is 20.7 Å². The maximum atomic E-state index is 12.1. The minimum absolute atomic E-state index is 0.0495. The highest BCUT2D eigenvalue weighted by atomic mass is 16.7. The van der Waals surface area contributed by atoms with Crippen molar-refractivity contribution in [3.8, 4) is 0 Å². The predicted molar refractivity (Wildman–Crippen MR) is 93.7 cm³/mol. The van der Waals surface area contributed by atoms with Crippen LogP contribution in [0.25, 0.3) is 0 Å². The third kappa shape index (κ3) is 4.91. The minimum Gasteiger partial charge on any atom is -0.346 e. The molecule has 0 bridgehead atoms. The molecule has 1 saturated heterocycles. The quantitative estimate of drug-likeness (QED) is 0.780. The molecule has 1 heterocycles. The van der Waals surface area contributed by atoms with Gasteiger partial charge in [-0.2, -0.15) is 0 Å². The average Bonchev–Trinajstić information content (AvgIpc) is 3.15. The lowest BCUT2D eigenvalue weighted by Crippen LogP contribution is -2.11. The number of carbonyl (C=O) groups is 1. The summed E-state index contributed by atoms with van der Waals surface area (Å²) in [6, 6.07) is 18.0. The van der Waals surface area contributed by atoms with E-state index in [9.17, 15) is 4.79 Å². The standard InChI is InChI=1S/C20H23NO3/c22-19(12-5-4-9-16-7-2-1-3-8-16)21-18-11-6-10-17(15-18)20-23-13-14-24-20/h1-3,6-8,10-11,15,20H,4-5,9,12-14H2,(H,21,22). The summed E-state index contributed by atoms with van der Waals surface area (Å²) in [5.74, 6) is 0.0495. The molecule has 0 spiro atoms. The molecule has 0 aliphatic carbocycles.